The number of carboxylic acid groups (broad SMARTS) is 1. The lowest BCUT2D eigenvalue weighted by Crippen LogP contribution is -2.46. The molecule has 0 saturated heterocycles. The topological polar surface area (TPSA) is 83.9 Å². The molecule has 6 nitrogen and oxygen atoms in total. The average molecular weight is 379 g/mol. The van der Waals surface area contributed by atoms with Crippen molar-refractivity contribution in [1.29, 1.82) is 0 Å². The monoisotopic (exact) mass is 379 g/mol. The molecule has 140 valence electrons. The Kier molecular flexibility index (Phi) is 4.61. The number of hydrogen-bond donors (Lipinski definition) is 1. The van der Waals surface area contributed by atoms with Crippen molar-refractivity contribution >= 4 is 17.8 Å². The first-order valence-corrected chi connectivity index (χ1v) is 7.72. The molecule has 2 aromatic rings. The SMILES string of the molecule is O=C(O)[C@H](Cc1cccc(OC(F)(F)F)c1)N1C(=O)c2ccccc2C1=O. The van der Waals surface area contributed by atoms with Crippen LogP contribution in [-0.2, 0) is 11.2 Å². The number of aliphatic carboxylic acids is 1. The lowest BCUT2D eigenvalue weighted by atomic mass is 10.0. The number of nitrogens with zero attached hydrogens (tertiary/aromatic N) is 1. The minimum atomic E-state index is -4.90. The molecule has 1 N–H and O–H groups in total. The molecule has 27 heavy (non-hydrogen) atoms. The zero-order valence-corrected chi connectivity index (χ0v) is 13.6. The van der Waals surface area contributed by atoms with E-state index in [0.717, 1.165) is 12.1 Å². The van der Waals surface area contributed by atoms with Gasteiger partial charge in [-0.15, -0.1) is 13.2 Å². The van der Waals surface area contributed by atoms with Crippen LogP contribution in [-0.4, -0.2) is 40.2 Å². The van der Waals surface area contributed by atoms with E-state index in [1.54, 1.807) is 12.1 Å². The van der Waals surface area contributed by atoms with E-state index in [4.69, 9.17) is 0 Å². The molecule has 0 aliphatic carbocycles. The summed E-state index contributed by atoms with van der Waals surface area (Å²) in [5.74, 6) is -3.49. The smallest absolute Gasteiger partial charge is 0.480 e. The zero-order chi connectivity index (χ0) is 19.8. The maximum atomic E-state index is 12.5. The van der Waals surface area contributed by atoms with Gasteiger partial charge in [0, 0.05) is 6.42 Å². The number of rotatable bonds is 5. The van der Waals surface area contributed by atoms with Gasteiger partial charge in [-0.1, -0.05) is 24.3 Å². The molecule has 0 fully saturated rings. The molecule has 0 saturated carbocycles. The molecule has 9 heteroatoms. The van der Waals surface area contributed by atoms with Gasteiger partial charge in [-0.25, -0.2) is 4.79 Å². The molecular formula is C18H12F3NO5. The second kappa shape index (κ2) is 6.75. The van der Waals surface area contributed by atoms with Crippen LogP contribution in [0.4, 0.5) is 13.2 Å². The molecule has 0 bridgehead atoms. The second-order valence-electron chi connectivity index (χ2n) is 5.78. The second-order valence-corrected chi connectivity index (χ2v) is 5.78. The summed E-state index contributed by atoms with van der Waals surface area (Å²) in [6.45, 7) is 0. The largest absolute Gasteiger partial charge is 0.573 e. The quantitative estimate of drug-likeness (QED) is 0.808. The van der Waals surface area contributed by atoms with E-state index >= 15 is 0 Å². The number of carboxylic acids is 1. The highest BCUT2D eigenvalue weighted by atomic mass is 19.4. The number of ether oxygens (including phenoxy) is 1. The lowest BCUT2D eigenvalue weighted by Gasteiger charge is -2.22. The van der Waals surface area contributed by atoms with Crippen molar-refractivity contribution in [2.24, 2.45) is 0 Å². The van der Waals surface area contributed by atoms with Crippen LogP contribution in [0.3, 0.4) is 0 Å². The molecule has 1 atom stereocenters. The van der Waals surface area contributed by atoms with Crippen molar-refractivity contribution in [2.45, 2.75) is 18.8 Å². The fourth-order valence-electron chi connectivity index (χ4n) is 2.87. The molecule has 0 unspecified atom stereocenters. The summed E-state index contributed by atoms with van der Waals surface area (Å²) < 4.78 is 40.9. The van der Waals surface area contributed by atoms with Gasteiger partial charge >= 0.3 is 12.3 Å². The van der Waals surface area contributed by atoms with Gasteiger partial charge in [-0.2, -0.15) is 0 Å². The highest BCUT2D eigenvalue weighted by Crippen LogP contribution is 2.28. The summed E-state index contributed by atoms with van der Waals surface area (Å²) in [6.07, 6.45) is -5.26. The van der Waals surface area contributed by atoms with Gasteiger partial charge in [0.15, 0.2) is 0 Å². The molecule has 0 radical (unpaired) electrons. The highest BCUT2D eigenvalue weighted by Gasteiger charge is 2.42. The third-order valence-corrected chi connectivity index (χ3v) is 3.98. The number of carbonyl (C=O) groups excluding carboxylic acids is 2. The van der Waals surface area contributed by atoms with E-state index in [1.165, 1.54) is 24.3 Å². The van der Waals surface area contributed by atoms with Crippen LogP contribution >= 0.6 is 0 Å². The average Bonchev–Trinajstić information content (AvgIpc) is 2.83. The number of benzene rings is 2. The summed E-state index contributed by atoms with van der Waals surface area (Å²) in [6, 6.07) is 9.06. The fraction of sp³-hybridized carbons (Fsp3) is 0.167. The van der Waals surface area contributed by atoms with Crippen molar-refractivity contribution in [3.05, 3.63) is 65.2 Å². The summed E-state index contributed by atoms with van der Waals surface area (Å²) in [7, 11) is 0. The van der Waals surface area contributed by atoms with Crippen molar-refractivity contribution in [3.63, 3.8) is 0 Å². The van der Waals surface area contributed by atoms with Gasteiger partial charge in [0.05, 0.1) is 11.1 Å². The van der Waals surface area contributed by atoms with Gasteiger partial charge in [0.1, 0.15) is 11.8 Å². The van der Waals surface area contributed by atoms with E-state index in [0.29, 0.717) is 4.90 Å². The Morgan fingerprint density at radius 2 is 1.63 bits per heavy atom. The number of imide groups is 1. The van der Waals surface area contributed by atoms with Crippen LogP contribution in [0.25, 0.3) is 0 Å². The van der Waals surface area contributed by atoms with Gasteiger partial charge in [0.25, 0.3) is 11.8 Å². The number of halogens is 3. The van der Waals surface area contributed by atoms with Gasteiger partial charge in [-0.3, -0.25) is 14.5 Å². The van der Waals surface area contributed by atoms with Crippen molar-refractivity contribution < 1.29 is 37.4 Å². The maximum absolute atomic E-state index is 12.5. The molecule has 2 aromatic carbocycles. The summed E-state index contributed by atoms with van der Waals surface area (Å²) in [4.78, 5) is 37.2. The van der Waals surface area contributed by atoms with E-state index < -0.39 is 35.9 Å². The zero-order valence-electron chi connectivity index (χ0n) is 13.6. The fourth-order valence-corrected chi connectivity index (χ4v) is 2.87. The Balaban J connectivity index is 1.88. The van der Waals surface area contributed by atoms with Crippen LogP contribution in [0.1, 0.15) is 26.3 Å². The predicted octanol–water partition coefficient (Wildman–Crippen LogP) is 2.88. The first-order valence-electron chi connectivity index (χ1n) is 7.72. The van der Waals surface area contributed by atoms with E-state index in [-0.39, 0.29) is 23.1 Å². The molecule has 0 aromatic heterocycles. The van der Waals surface area contributed by atoms with E-state index in [1.807, 2.05) is 0 Å². The molecule has 3 rings (SSSR count). The number of amides is 2. The highest BCUT2D eigenvalue weighted by molar-refractivity contribution is 6.22. The first kappa shape index (κ1) is 18.4. The minimum Gasteiger partial charge on any atom is -0.480 e. The van der Waals surface area contributed by atoms with Gasteiger partial charge in [-0.05, 0) is 29.8 Å². The van der Waals surface area contributed by atoms with Crippen molar-refractivity contribution in [3.8, 4) is 5.75 Å². The Morgan fingerprint density at radius 3 is 2.15 bits per heavy atom. The number of fused-ring (bicyclic) bond motifs is 1. The van der Waals surface area contributed by atoms with Crippen LogP contribution in [0.15, 0.2) is 48.5 Å². The molecule has 1 heterocycles. The van der Waals surface area contributed by atoms with Crippen LogP contribution in [0, 0.1) is 0 Å². The van der Waals surface area contributed by atoms with Crippen molar-refractivity contribution in [1.82, 2.24) is 4.90 Å². The number of carbonyl (C=O) groups is 3. The Bertz CT molecular complexity index is 890. The van der Waals surface area contributed by atoms with E-state index in [9.17, 15) is 32.7 Å². The van der Waals surface area contributed by atoms with Gasteiger partial charge < -0.3 is 9.84 Å². The molecule has 0 spiro atoms. The third-order valence-electron chi connectivity index (χ3n) is 3.98. The van der Waals surface area contributed by atoms with Crippen LogP contribution in [0.2, 0.25) is 0 Å². The normalized spacial score (nSPS) is 14.9. The summed E-state index contributed by atoms with van der Waals surface area (Å²) in [5, 5.41) is 9.51. The standard InChI is InChI=1S/C18H12F3NO5/c19-18(20,21)27-11-5-3-4-10(8-11)9-14(17(25)26)22-15(23)12-6-1-2-7-13(12)16(22)24/h1-8,14H,9H2,(H,25,26)/t14-/m0/s1. The van der Waals surface area contributed by atoms with Crippen molar-refractivity contribution in [2.75, 3.05) is 0 Å². The minimum absolute atomic E-state index is 0.0860. The molecule has 2 amide bonds. The molecule has 1 aliphatic rings. The number of alkyl halides is 3. The Labute approximate surface area is 150 Å². The summed E-state index contributed by atoms with van der Waals surface area (Å²) >= 11 is 0. The van der Waals surface area contributed by atoms with E-state index in [2.05, 4.69) is 4.74 Å². The first-order chi connectivity index (χ1) is 12.7. The third kappa shape index (κ3) is 3.76. The lowest BCUT2D eigenvalue weighted by molar-refractivity contribution is -0.274. The molecule has 1 aliphatic heterocycles. The van der Waals surface area contributed by atoms with Crippen LogP contribution in [0.5, 0.6) is 5.75 Å². The number of hydrogen-bond acceptors (Lipinski definition) is 4. The Morgan fingerprint density at radius 1 is 1.04 bits per heavy atom. The summed E-state index contributed by atoms with van der Waals surface area (Å²) in [5.41, 5.74) is 0.339. The maximum Gasteiger partial charge on any atom is 0.573 e. The molecular weight excluding hydrogens is 367 g/mol. The predicted molar refractivity (Wildman–Crippen MR) is 85.2 cm³/mol. The Hall–Kier alpha value is -3.36. The van der Waals surface area contributed by atoms with Crippen LogP contribution < -0.4 is 4.74 Å². The van der Waals surface area contributed by atoms with Gasteiger partial charge in [0.2, 0.25) is 0 Å².